The summed E-state index contributed by atoms with van der Waals surface area (Å²) in [4.78, 5) is 20.7. The van der Waals surface area contributed by atoms with Crippen LogP contribution in [0, 0.1) is 5.92 Å². The van der Waals surface area contributed by atoms with Gasteiger partial charge in [0.25, 0.3) is 0 Å². The Balaban J connectivity index is -0.00000162. The number of carboxylic acids is 2. The molecule has 0 aromatic carbocycles. The van der Waals surface area contributed by atoms with Crippen molar-refractivity contribution in [2.75, 3.05) is 0 Å². The largest absolute Gasteiger partial charge is 0.481 e. The third kappa shape index (κ3) is 22.0. The molecule has 0 fully saturated rings. The Morgan fingerprint density at radius 3 is 1.62 bits per heavy atom. The summed E-state index contributed by atoms with van der Waals surface area (Å²) in [6, 6.07) is 0. The van der Waals surface area contributed by atoms with Gasteiger partial charge in [0.05, 0.1) is 0 Å². The van der Waals surface area contributed by atoms with Crippen LogP contribution in [0.4, 0.5) is 0 Å². The Labute approximate surface area is 140 Å². The number of carbonyl (C=O) groups is 2. The van der Waals surface area contributed by atoms with Crippen LogP contribution in [0.2, 0.25) is 0 Å². The van der Waals surface area contributed by atoms with Gasteiger partial charge in [-0.1, -0.05) is 51.9 Å². The van der Waals surface area contributed by atoms with E-state index >= 15 is 0 Å². The van der Waals surface area contributed by atoms with Crippen molar-refractivity contribution in [3.63, 3.8) is 0 Å². The SMILES string of the molecule is CC(CCCCCCCCCC(=O)O)CCC(=O)O.Cl.Cl. The van der Waals surface area contributed by atoms with Gasteiger partial charge in [0.2, 0.25) is 0 Å². The van der Waals surface area contributed by atoms with Gasteiger partial charge in [-0.05, 0) is 18.8 Å². The molecule has 128 valence electrons. The number of carboxylic acid groups (broad SMARTS) is 2. The van der Waals surface area contributed by atoms with Crippen LogP contribution in [0.1, 0.15) is 77.6 Å². The van der Waals surface area contributed by atoms with E-state index in [0.29, 0.717) is 12.3 Å². The highest BCUT2D eigenvalue weighted by Crippen LogP contribution is 2.16. The van der Waals surface area contributed by atoms with E-state index in [4.69, 9.17) is 10.2 Å². The normalized spacial score (nSPS) is 11.1. The fourth-order valence-corrected chi connectivity index (χ4v) is 2.17. The number of hydrogen-bond donors (Lipinski definition) is 2. The zero-order valence-electron chi connectivity index (χ0n) is 12.9. The van der Waals surface area contributed by atoms with Gasteiger partial charge < -0.3 is 10.2 Å². The van der Waals surface area contributed by atoms with Gasteiger partial charge in [-0.25, -0.2) is 0 Å². The van der Waals surface area contributed by atoms with Gasteiger partial charge in [0.1, 0.15) is 0 Å². The van der Waals surface area contributed by atoms with Crippen molar-refractivity contribution in [3.05, 3.63) is 0 Å². The van der Waals surface area contributed by atoms with Crippen LogP contribution in [0.15, 0.2) is 0 Å². The Hall–Kier alpha value is -0.480. The van der Waals surface area contributed by atoms with Gasteiger partial charge in [-0.15, -0.1) is 24.8 Å². The minimum atomic E-state index is -0.701. The standard InChI is InChI=1S/C15H28O4.2ClH/c1-13(11-12-15(18)19)9-7-5-3-2-4-6-8-10-14(16)17;;/h13H,2-12H2,1H3,(H,16,17)(H,18,19);2*1H. The molecule has 1 atom stereocenters. The Morgan fingerprint density at radius 2 is 1.14 bits per heavy atom. The molecular formula is C15H30Cl2O4. The minimum Gasteiger partial charge on any atom is -0.481 e. The summed E-state index contributed by atoms with van der Waals surface area (Å²) in [7, 11) is 0. The molecule has 4 nitrogen and oxygen atoms in total. The lowest BCUT2D eigenvalue weighted by atomic mass is 9.97. The molecule has 0 heterocycles. The summed E-state index contributed by atoms with van der Waals surface area (Å²) in [5.41, 5.74) is 0. The van der Waals surface area contributed by atoms with Gasteiger partial charge in [0.15, 0.2) is 0 Å². The summed E-state index contributed by atoms with van der Waals surface area (Å²) in [6.07, 6.45) is 10.2. The monoisotopic (exact) mass is 344 g/mol. The maximum absolute atomic E-state index is 10.4. The summed E-state index contributed by atoms with van der Waals surface area (Å²) in [5, 5.41) is 17.1. The first-order valence-electron chi connectivity index (χ1n) is 7.46. The lowest BCUT2D eigenvalue weighted by molar-refractivity contribution is -0.138. The average Bonchev–Trinajstić information content (AvgIpc) is 2.34. The molecule has 2 N–H and O–H groups in total. The molecule has 0 radical (unpaired) electrons. The summed E-state index contributed by atoms with van der Waals surface area (Å²) < 4.78 is 0. The molecule has 0 aliphatic heterocycles. The van der Waals surface area contributed by atoms with Crippen molar-refractivity contribution < 1.29 is 19.8 Å². The van der Waals surface area contributed by atoms with E-state index in [1.165, 1.54) is 25.7 Å². The highest BCUT2D eigenvalue weighted by Gasteiger charge is 2.05. The summed E-state index contributed by atoms with van der Waals surface area (Å²) in [5.74, 6) is -0.893. The molecule has 0 amide bonds. The molecule has 0 rings (SSSR count). The van der Waals surface area contributed by atoms with Crippen molar-refractivity contribution in [2.45, 2.75) is 77.6 Å². The van der Waals surface area contributed by atoms with E-state index < -0.39 is 11.9 Å². The average molecular weight is 345 g/mol. The molecule has 0 aromatic rings. The minimum absolute atomic E-state index is 0. The van der Waals surface area contributed by atoms with E-state index in [-0.39, 0.29) is 31.2 Å². The molecule has 21 heavy (non-hydrogen) atoms. The molecule has 0 bridgehead atoms. The van der Waals surface area contributed by atoms with Crippen LogP contribution in [-0.4, -0.2) is 22.2 Å². The summed E-state index contributed by atoms with van der Waals surface area (Å²) in [6.45, 7) is 2.12. The number of halogens is 2. The Kier molecular flexibility index (Phi) is 21.3. The zero-order chi connectivity index (χ0) is 14.5. The molecule has 0 aliphatic rings. The molecule has 1 unspecified atom stereocenters. The van der Waals surface area contributed by atoms with Crippen molar-refractivity contribution in [1.29, 1.82) is 0 Å². The van der Waals surface area contributed by atoms with Crippen molar-refractivity contribution in [2.24, 2.45) is 5.92 Å². The van der Waals surface area contributed by atoms with Gasteiger partial charge in [0, 0.05) is 12.8 Å². The van der Waals surface area contributed by atoms with Crippen LogP contribution in [0.3, 0.4) is 0 Å². The van der Waals surface area contributed by atoms with E-state index in [1.54, 1.807) is 0 Å². The zero-order valence-corrected chi connectivity index (χ0v) is 14.5. The van der Waals surface area contributed by atoms with E-state index in [0.717, 1.165) is 32.1 Å². The Bertz CT molecular complexity index is 260. The second-order valence-corrected chi connectivity index (χ2v) is 5.44. The van der Waals surface area contributed by atoms with E-state index in [9.17, 15) is 9.59 Å². The second kappa shape index (κ2) is 17.6. The van der Waals surface area contributed by atoms with Gasteiger partial charge in [-0.2, -0.15) is 0 Å². The lowest BCUT2D eigenvalue weighted by Gasteiger charge is -2.09. The maximum atomic E-state index is 10.4. The topological polar surface area (TPSA) is 74.6 Å². The van der Waals surface area contributed by atoms with Crippen LogP contribution in [-0.2, 0) is 9.59 Å². The highest BCUT2D eigenvalue weighted by atomic mass is 35.5. The first kappa shape index (κ1) is 25.5. The van der Waals surface area contributed by atoms with Crippen LogP contribution in [0.5, 0.6) is 0 Å². The number of aliphatic carboxylic acids is 2. The smallest absolute Gasteiger partial charge is 0.303 e. The lowest BCUT2D eigenvalue weighted by Crippen LogP contribution is -2.01. The third-order valence-electron chi connectivity index (χ3n) is 3.44. The third-order valence-corrected chi connectivity index (χ3v) is 3.44. The first-order valence-corrected chi connectivity index (χ1v) is 7.46. The quantitative estimate of drug-likeness (QED) is 0.464. The Morgan fingerprint density at radius 1 is 0.714 bits per heavy atom. The molecular weight excluding hydrogens is 315 g/mol. The van der Waals surface area contributed by atoms with Gasteiger partial charge >= 0.3 is 11.9 Å². The molecule has 0 spiro atoms. The molecule has 6 heteroatoms. The van der Waals surface area contributed by atoms with E-state index in [2.05, 4.69) is 6.92 Å². The molecule has 0 aromatic heterocycles. The molecule has 0 aliphatic carbocycles. The number of rotatable bonds is 13. The van der Waals surface area contributed by atoms with Crippen molar-refractivity contribution in [1.82, 2.24) is 0 Å². The summed E-state index contributed by atoms with van der Waals surface area (Å²) >= 11 is 0. The maximum Gasteiger partial charge on any atom is 0.303 e. The van der Waals surface area contributed by atoms with Gasteiger partial charge in [-0.3, -0.25) is 9.59 Å². The predicted octanol–water partition coefficient (Wildman–Crippen LogP) is 4.93. The fraction of sp³-hybridized carbons (Fsp3) is 0.867. The van der Waals surface area contributed by atoms with Crippen LogP contribution >= 0.6 is 24.8 Å². The van der Waals surface area contributed by atoms with E-state index in [1.807, 2.05) is 0 Å². The fourth-order valence-electron chi connectivity index (χ4n) is 2.17. The number of hydrogen-bond acceptors (Lipinski definition) is 2. The molecule has 0 saturated carbocycles. The predicted molar refractivity (Wildman–Crippen MR) is 89.7 cm³/mol. The van der Waals surface area contributed by atoms with Crippen LogP contribution in [0.25, 0.3) is 0 Å². The highest BCUT2D eigenvalue weighted by molar-refractivity contribution is 5.85. The number of unbranched alkanes of at least 4 members (excludes halogenated alkanes) is 6. The van der Waals surface area contributed by atoms with Crippen molar-refractivity contribution in [3.8, 4) is 0 Å². The van der Waals surface area contributed by atoms with Crippen LogP contribution < -0.4 is 0 Å². The first-order chi connectivity index (χ1) is 9.02. The van der Waals surface area contributed by atoms with Crippen molar-refractivity contribution >= 4 is 36.8 Å². The molecule has 0 saturated heterocycles. The second-order valence-electron chi connectivity index (χ2n) is 5.44.